The van der Waals surface area contributed by atoms with Gasteiger partial charge in [0, 0.05) is 13.5 Å². The van der Waals surface area contributed by atoms with Crippen molar-refractivity contribution in [2.75, 3.05) is 26.4 Å². The van der Waals surface area contributed by atoms with Crippen LogP contribution in [0.1, 0.15) is 50.2 Å². The van der Waals surface area contributed by atoms with Crippen LogP contribution in [0.25, 0.3) is 0 Å². The summed E-state index contributed by atoms with van der Waals surface area (Å²) in [6, 6.07) is 0. The number of aromatic nitrogens is 2. The van der Waals surface area contributed by atoms with Crippen LogP contribution in [0.4, 0.5) is 0 Å². The van der Waals surface area contributed by atoms with Gasteiger partial charge in [-0.15, -0.1) is 0 Å². The highest BCUT2D eigenvalue weighted by Crippen LogP contribution is 2.36. The lowest BCUT2D eigenvalue weighted by atomic mass is 9.83. The highest BCUT2D eigenvalue weighted by Gasteiger charge is 2.43. The highest BCUT2D eigenvalue weighted by atomic mass is 16.5. The Morgan fingerprint density at radius 1 is 1.19 bits per heavy atom. The van der Waals surface area contributed by atoms with E-state index in [0.29, 0.717) is 19.1 Å². The first kappa shape index (κ1) is 14.9. The number of aliphatic hydroxyl groups is 1. The number of hydrogen-bond acceptors (Lipinski definition) is 6. The van der Waals surface area contributed by atoms with E-state index in [0.717, 1.165) is 25.2 Å². The Kier molecular flexibility index (Phi) is 4.28. The average molecular weight is 295 g/mol. The smallest absolute Gasteiger partial charge is 0.223 e. The predicted octanol–water partition coefficient (Wildman–Crippen LogP) is 1.53. The van der Waals surface area contributed by atoms with Gasteiger partial charge in [-0.1, -0.05) is 30.8 Å². The van der Waals surface area contributed by atoms with Crippen molar-refractivity contribution in [3.63, 3.8) is 0 Å². The Morgan fingerprint density at radius 3 is 2.38 bits per heavy atom. The van der Waals surface area contributed by atoms with Crippen LogP contribution in [0.2, 0.25) is 0 Å². The molecule has 2 N–H and O–H groups in total. The molecule has 2 heterocycles. The zero-order valence-electron chi connectivity index (χ0n) is 12.7. The van der Waals surface area contributed by atoms with E-state index in [4.69, 9.17) is 9.26 Å². The zero-order valence-corrected chi connectivity index (χ0v) is 12.7. The van der Waals surface area contributed by atoms with Crippen molar-refractivity contribution < 1.29 is 14.4 Å². The van der Waals surface area contributed by atoms with Crippen molar-refractivity contribution in [2.45, 2.75) is 51.0 Å². The first-order valence-electron chi connectivity index (χ1n) is 7.93. The summed E-state index contributed by atoms with van der Waals surface area (Å²) >= 11 is 0. The van der Waals surface area contributed by atoms with Gasteiger partial charge in [0.2, 0.25) is 5.89 Å². The molecule has 1 aliphatic heterocycles. The van der Waals surface area contributed by atoms with Gasteiger partial charge >= 0.3 is 0 Å². The van der Waals surface area contributed by atoms with Crippen LogP contribution < -0.4 is 5.32 Å². The Hall–Kier alpha value is -0.980. The van der Waals surface area contributed by atoms with Crippen molar-refractivity contribution >= 4 is 0 Å². The SMILES string of the molecule is Cc1nc(C2(NCC3(CO)COC3)CCCCCC2)no1. The third-order valence-electron chi connectivity index (χ3n) is 4.87. The average Bonchev–Trinajstić information content (AvgIpc) is 2.74. The van der Waals surface area contributed by atoms with E-state index in [-0.39, 0.29) is 17.6 Å². The standard InChI is InChI=1S/C15H25N3O3/c1-12-17-13(18-21-12)15(6-4-2-3-5-7-15)16-8-14(9-19)10-20-11-14/h16,19H,2-11H2,1H3. The third-order valence-corrected chi connectivity index (χ3v) is 4.87. The van der Waals surface area contributed by atoms with Crippen LogP contribution in [0, 0.1) is 12.3 Å². The van der Waals surface area contributed by atoms with E-state index in [2.05, 4.69) is 15.5 Å². The molecule has 0 atom stereocenters. The molecule has 0 spiro atoms. The highest BCUT2D eigenvalue weighted by molar-refractivity contribution is 5.07. The quantitative estimate of drug-likeness (QED) is 0.802. The van der Waals surface area contributed by atoms with Crippen molar-refractivity contribution in [1.82, 2.24) is 15.5 Å². The molecular formula is C15H25N3O3. The lowest BCUT2D eigenvalue weighted by molar-refractivity contribution is -0.137. The molecule has 21 heavy (non-hydrogen) atoms. The molecule has 0 aromatic carbocycles. The largest absolute Gasteiger partial charge is 0.396 e. The number of nitrogens with zero attached hydrogens (tertiary/aromatic N) is 2. The van der Waals surface area contributed by atoms with Crippen LogP contribution in [-0.2, 0) is 10.3 Å². The van der Waals surface area contributed by atoms with Gasteiger partial charge in [0.05, 0.1) is 30.8 Å². The summed E-state index contributed by atoms with van der Waals surface area (Å²) in [4.78, 5) is 4.48. The lowest BCUT2D eigenvalue weighted by Crippen LogP contribution is -2.56. The summed E-state index contributed by atoms with van der Waals surface area (Å²) < 4.78 is 10.5. The third kappa shape index (κ3) is 2.98. The molecule has 0 unspecified atom stereocenters. The molecule has 1 saturated carbocycles. The van der Waals surface area contributed by atoms with Crippen LogP contribution in [0.15, 0.2) is 4.52 Å². The van der Waals surface area contributed by atoms with Crippen molar-refractivity contribution in [1.29, 1.82) is 0 Å². The van der Waals surface area contributed by atoms with Crippen LogP contribution >= 0.6 is 0 Å². The molecule has 3 rings (SSSR count). The second-order valence-corrected chi connectivity index (χ2v) is 6.64. The molecule has 2 fully saturated rings. The van der Waals surface area contributed by atoms with E-state index in [1.807, 2.05) is 6.92 Å². The Balaban J connectivity index is 1.78. The number of hydrogen-bond donors (Lipinski definition) is 2. The Bertz CT molecular complexity index is 457. The number of rotatable bonds is 5. The van der Waals surface area contributed by atoms with E-state index in [1.165, 1.54) is 25.7 Å². The second-order valence-electron chi connectivity index (χ2n) is 6.64. The van der Waals surface area contributed by atoms with Crippen molar-refractivity contribution in [3.8, 4) is 0 Å². The van der Waals surface area contributed by atoms with Gasteiger partial charge in [-0.2, -0.15) is 4.98 Å². The molecule has 1 aromatic rings. The summed E-state index contributed by atoms with van der Waals surface area (Å²) in [5, 5.41) is 17.5. The minimum atomic E-state index is -0.216. The fourth-order valence-electron chi connectivity index (χ4n) is 3.30. The molecule has 1 saturated heterocycles. The normalized spacial score (nSPS) is 24.3. The van der Waals surface area contributed by atoms with Gasteiger partial charge in [-0.3, -0.25) is 0 Å². The molecule has 118 valence electrons. The van der Waals surface area contributed by atoms with Gasteiger partial charge in [-0.05, 0) is 12.8 Å². The molecule has 0 amide bonds. The number of aryl methyl sites for hydroxylation is 1. The maximum Gasteiger partial charge on any atom is 0.223 e. The number of nitrogens with one attached hydrogen (secondary N) is 1. The molecule has 6 heteroatoms. The molecule has 0 bridgehead atoms. The minimum absolute atomic E-state index is 0.141. The molecule has 1 aliphatic carbocycles. The van der Waals surface area contributed by atoms with Crippen LogP contribution in [0.3, 0.4) is 0 Å². The zero-order chi connectivity index (χ0) is 14.8. The molecule has 0 radical (unpaired) electrons. The fourth-order valence-corrected chi connectivity index (χ4v) is 3.30. The maximum absolute atomic E-state index is 9.61. The molecule has 2 aliphatic rings. The van der Waals surface area contributed by atoms with Crippen molar-refractivity contribution in [2.24, 2.45) is 5.41 Å². The first-order valence-corrected chi connectivity index (χ1v) is 7.93. The summed E-state index contributed by atoms with van der Waals surface area (Å²) in [5.74, 6) is 1.38. The first-order chi connectivity index (χ1) is 10.2. The summed E-state index contributed by atoms with van der Waals surface area (Å²) in [7, 11) is 0. The number of aliphatic hydroxyl groups excluding tert-OH is 1. The Morgan fingerprint density at radius 2 is 1.90 bits per heavy atom. The summed E-state index contributed by atoms with van der Waals surface area (Å²) in [6.45, 7) is 3.96. The summed E-state index contributed by atoms with van der Waals surface area (Å²) in [6.07, 6.45) is 6.90. The summed E-state index contributed by atoms with van der Waals surface area (Å²) in [5.41, 5.74) is -0.357. The second kappa shape index (κ2) is 6.02. The topological polar surface area (TPSA) is 80.4 Å². The van der Waals surface area contributed by atoms with Gasteiger partial charge in [0.15, 0.2) is 5.82 Å². The van der Waals surface area contributed by atoms with E-state index in [9.17, 15) is 5.11 Å². The van der Waals surface area contributed by atoms with Crippen LogP contribution in [0.5, 0.6) is 0 Å². The van der Waals surface area contributed by atoms with Gasteiger partial charge in [0.25, 0.3) is 0 Å². The minimum Gasteiger partial charge on any atom is -0.396 e. The fraction of sp³-hybridized carbons (Fsp3) is 0.867. The molecule has 6 nitrogen and oxygen atoms in total. The van der Waals surface area contributed by atoms with Crippen molar-refractivity contribution in [3.05, 3.63) is 11.7 Å². The maximum atomic E-state index is 9.61. The molecule has 1 aromatic heterocycles. The predicted molar refractivity (Wildman–Crippen MR) is 76.8 cm³/mol. The lowest BCUT2D eigenvalue weighted by Gasteiger charge is -2.43. The van der Waals surface area contributed by atoms with Gasteiger partial charge in [-0.25, -0.2) is 0 Å². The van der Waals surface area contributed by atoms with E-state index < -0.39 is 0 Å². The number of ether oxygens (including phenoxy) is 1. The van der Waals surface area contributed by atoms with E-state index >= 15 is 0 Å². The molecular weight excluding hydrogens is 270 g/mol. The Labute approximate surface area is 125 Å². The van der Waals surface area contributed by atoms with Crippen LogP contribution in [-0.4, -0.2) is 41.6 Å². The van der Waals surface area contributed by atoms with Gasteiger partial charge in [0.1, 0.15) is 0 Å². The van der Waals surface area contributed by atoms with Gasteiger partial charge < -0.3 is 19.7 Å². The van der Waals surface area contributed by atoms with E-state index in [1.54, 1.807) is 0 Å². The monoisotopic (exact) mass is 295 g/mol.